The van der Waals surface area contributed by atoms with Gasteiger partial charge in [-0.15, -0.1) is 0 Å². The largest absolute Gasteiger partial charge is 0.413 e. The lowest BCUT2D eigenvalue weighted by Crippen LogP contribution is -2.39. The normalized spacial score (nSPS) is 16.7. The lowest BCUT2D eigenvalue weighted by atomic mass is 10.1. The summed E-state index contributed by atoms with van der Waals surface area (Å²) in [6.45, 7) is 0.240. The van der Waals surface area contributed by atoms with Crippen LogP contribution in [-0.4, -0.2) is 51.0 Å². The number of aromatic nitrogens is 4. The summed E-state index contributed by atoms with van der Waals surface area (Å²) in [6, 6.07) is 2.03. The average Bonchev–Trinajstić information content (AvgIpc) is 3.25. The van der Waals surface area contributed by atoms with Crippen LogP contribution in [0.2, 0.25) is 0 Å². The maximum Gasteiger partial charge on any atom is 0.413 e. The third-order valence-corrected chi connectivity index (χ3v) is 6.02. The van der Waals surface area contributed by atoms with E-state index in [0.29, 0.717) is 17.2 Å². The highest BCUT2D eigenvalue weighted by molar-refractivity contribution is 7.15. The Morgan fingerprint density at radius 3 is 2.59 bits per heavy atom. The van der Waals surface area contributed by atoms with Crippen molar-refractivity contribution in [1.29, 1.82) is 0 Å². The molecule has 0 aliphatic carbocycles. The molecule has 4 heterocycles. The number of hydrogen-bond acceptors (Lipinski definition) is 8. The lowest BCUT2D eigenvalue weighted by Gasteiger charge is -2.32. The van der Waals surface area contributed by atoms with Gasteiger partial charge in [0, 0.05) is 50.6 Å². The molecule has 1 aliphatic heterocycles. The fourth-order valence-electron chi connectivity index (χ4n) is 3.26. The number of piperidine rings is 1. The van der Waals surface area contributed by atoms with Gasteiger partial charge in [-0.3, -0.25) is 9.78 Å². The maximum absolute atomic E-state index is 13.7. The number of thiazole rings is 1. The van der Waals surface area contributed by atoms with E-state index in [1.165, 1.54) is 36.9 Å². The molecule has 0 spiro atoms. The highest BCUT2D eigenvalue weighted by Crippen LogP contribution is 2.37. The van der Waals surface area contributed by atoms with Crippen LogP contribution in [0.25, 0.3) is 0 Å². The Morgan fingerprint density at radius 2 is 1.91 bits per heavy atom. The molecule has 3 aromatic rings. The maximum atomic E-state index is 13.7. The number of carbonyl (C=O) groups is 1. The Kier molecular flexibility index (Phi) is 6.59. The molecule has 1 saturated heterocycles. The molecular weight excluding hydrogens is 481 g/mol. The van der Waals surface area contributed by atoms with Gasteiger partial charge in [0.1, 0.15) is 18.0 Å². The number of pyridine rings is 1. The van der Waals surface area contributed by atoms with Gasteiger partial charge in [-0.25, -0.2) is 23.7 Å². The van der Waals surface area contributed by atoms with E-state index in [-0.39, 0.29) is 47.3 Å². The molecule has 34 heavy (non-hydrogen) atoms. The number of amides is 1. The number of nitrogens with zero attached hydrogens (tertiary/aromatic N) is 5. The zero-order valence-corrected chi connectivity index (χ0v) is 18.2. The van der Waals surface area contributed by atoms with Gasteiger partial charge in [-0.05, 0) is 12.1 Å². The molecule has 0 radical (unpaired) electrons. The third kappa shape index (κ3) is 5.73. The number of rotatable bonds is 6. The minimum absolute atomic E-state index is 0.0106. The van der Waals surface area contributed by atoms with Gasteiger partial charge in [0.05, 0.1) is 10.4 Å². The minimum Gasteiger partial charge on any atom is -0.356 e. The molecule has 1 atom stereocenters. The zero-order valence-electron chi connectivity index (χ0n) is 17.4. The van der Waals surface area contributed by atoms with Crippen LogP contribution in [0.3, 0.4) is 0 Å². The van der Waals surface area contributed by atoms with Crippen molar-refractivity contribution in [2.24, 2.45) is 0 Å². The summed E-state index contributed by atoms with van der Waals surface area (Å²) in [5.74, 6) is -2.97. The third-order valence-electron chi connectivity index (χ3n) is 5.04. The Labute approximate surface area is 194 Å². The van der Waals surface area contributed by atoms with Crippen molar-refractivity contribution in [2.45, 2.75) is 31.0 Å². The fourth-order valence-corrected chi connectivity index (χ4v) is 4.16. The first-order valence-corrected chi connectivity index (χ1v) is 10.9. The van der Waals surface area contributed by atoms with Crippen molar-refractivity contribution >= 4 is 34.0 Å². The Hall–Kier alpha value is -3.42. The predicted octanol–water partition coefficient (Wildman–Crippen LogP) is 4.34. The Balaban J connectivity index is 1.47. The summed E-state index contributed by atoms with van der Waals surface area (Å²) in [5.41, 5.74) is -0.0106. The van der Waals surface area contributed by atoms with Gasteiger partial charge >= 0.3 is 6.18 Å². The molecule has 8 nitrogen and oxygen atoms in total. The molecule has 1 amide bonds. The summed E-state index contributed by atoms with van der Waals surface area (Å²) in [5, 5.41) is 4.88. The van der Waals surface area contributed by atoms with Crippen LogP contribution in [-0.2, 0) is 0 Å². The molecule has 0 aromatic carbocycles. The fraction of sp³-hybridized carbons (Fsp3) is 0.350. The zero-order chi connectivity index (χ0) is 24.3. The van der Waals surface area contributed by atoms with Crippen molar-refractivity contribution in [3.05, 3.63) is 53.6 Å². The number of hydrogen-bond donors (Lipinski definition) is 2. The van der Waals surface area contributed by atoms with Crippen LogP contribution in [0.1, 0.15) is 34.1 Å². The standard InChI is InChI=1S/C20H18F5N7OS/c21-19(22)3-6-32(7-4-19)15-8-14(28-11-29-15)30-18-27-10-13(34-18)16(20(23,24)25)31-17(33)12-2-1-5-26-9-12/h1-2,5,8-11,16H,3-4,6-7H2,(H,31,33)(H,27,28,29,30). The van der Waals surface area contributed by atoms with E-state index < -0.39 is 24.0 Å². The van der Waals surface area contributed by atoms with Crippen LogP contribution in [0.4, 0.5) is 38.7 Å². The second kappa shape index (κ2) is 9.44. The van der Waals surface area contributed by atoms with E-state index in [4.69, 9.17) is 0 Å². The van der Waals surface area contributed by atoms with E-state index in [1.54, 1.807) is 4.90 Å². The van der Waals surface area contributed by atoms with Gasteiger partial charge in [-0.1, -0.05) is 11.3 Å². The molecule has 3 aromatic heterocycles. The quantitative estimate of drug-likeness (QED) is 0.487. The molecule has 1 fully saturated rings. The highest BCUT2D eigenvalue weighted by atomic mass is 32.1. The number of halogens is 5. The molecule has 0 saturated carbocycles. The second-order valence-electron chi connectivity index (χ2n) is 7.49. The average molecular weight is 499 g/mol. The molecular formula is C20H18F5N7OS. The molecule has 1 aliphatic rings. The van der Waals surface area contributed by atoms with Gasteiger partial charge in [-0.2, -0.15) is 13.2 Å². The van der Waals surface area contributed by atoms with E-state index in [0.717, 1.165) is 6.20 Å². The summed E-state index contributed by atoms with van der Waals surface area (Å²) in [6.07, 6.45) is -0.537. The van der Waals surface area contributed by atoms with Crippen molar-refractivity contribution in [3.8, 4) is 0 Å². The van der Waals surface area contributed by atoms with E-state index in [9.17, 15) is 26.7 Å². The Bertz CT molecular complexity index is 1130. The van der Waals surface area contributed by atoms with Crippen molar-refractivity contribution in [1.82, 2.24) is 25.3 Å². The second-order valence-corrected chi connectivity index (χ2v) is 8.55. The monoisotopic (exact) mass is 499 g/mol. The number of anilines is 3. The highest BCUT2D eigenvalue weighted by Gasteiger charge is 2.43. The van der Waals surface area contributed by atoms with Crippen LogP contribution in [0.15, 0.2) is 43.1 Å². The SMILES string of the molecule is O=C(NC(c1cnc(Nc2cc(N3CCC(F)(F)CC3)ncn2)s1)C(F)(F)F)c1cccnc1. The first-order chi connectivity index (χ1) is 16.1. The van der Waals surface area contributed by atoms with Crippen molar-refractivity contribution in [2.75, 3.05) is 23.3 Å². The van der Waals surface area contributed by atoms with Gasteiger partial charge in [0.2, 0.25) is 0 Å². The van der Waals surface area contributed by atoms with E-state index in [1.807, 2.05) is 5.32 Å². The number of carbonyl (C=O) groups excluding carboxylic acids is 1. The molecule has 1 unspecified atom stereocenters. The lowest BCUT2D eigenvalue weighted by molar-refractivity contribution is -0.154. The van der Waals surface area contributed by atoms with Gasteiger partial charge < -0.3 is 15.5 Å². The first kappa shape index (κ1) is 23.7. The van der Waals surface area contributed by atoms with Crippen molar-refractivity contribution in [3.63, 3.8) is 0 Å². The molecule has 2 N–H and O–H groups in total. The molecule has 14 heteroatoms. The number of nitrogens with one attached hydrogen (secondary N) is 2. The topological polar surface area (TPSA) is 95.9 Å². The summed E-state index contributed by atoms with van der Waals surface area (Å²) < 4.78 is 67.8. The first-order valence-electron chi connectivity index (χ1n) is 10.1. The smallest absolute Gasteiger partial charge is 0.356 e. The van der Waals surface area contributed by atoms with Crippen molar-refractivity contribution < 1.29 is 26.7 Å². The molecule has 180 valence electrons. The summed E-state index contributed by atoms with van der Waals surface area (Å²) in [4.78, 5) is 29.5. The van der Waals surface area contributed by atoms with Crippen LogP contribution in [0.5, 0.6) is 0 Å². The minimum atomic E-state index is -4.76. The molecule has 4 rings (SSSR count). The predicted molar refractivity (Wildman–Crippen MR) is 114 cm³/mol. The van der Waals surface area contributed by atoms with E-state index in [2.05, 4.69) is 25.3 Å². The summed E-state index contributed by atoms with van der Waals surface area (Å²) >= 11 is 0.695. The van der Waals surface area contributed by atoms with Gasteiger partial charge in [0.25, 0.3) is 11.8 Å². The van der Waals surface area contributed by atoms with Crippen LogP contribution >= 0.6 is 11.3 Å². The van der Waals surface area contributed by atoms with Crippen LogP contribution in [0, 0.1) is 0 Å². The summed E-state index contributed by atoms with van der Waals surface area (Å²) in [7, 11) is 0. The Morgan fingerprint density at radius 1 is 1.15 bits per heavy atom. The van der Waals surface area contributed by atoms with E-state index >= 15 is 0 Å². The molecule has 0 bridgehead atoms. The van der Waals surface area contributed by atoms with Crippen LogP contribution < -0.4 is 15.5 Å². The number of alkyl halides is 5. The van der Waals surface area contributed by atoms with Gasteiger partial charge in [0.15, 0.2) is 11.2 Å².